The molecule has 0 amide bonds. The molecule has 0 radical (unpaired) electrons. The molecule has 0 saturated heterocycles. The van der Waals surface area contributed by atoms with Gasteiger partial charge < -0.3 is 5.32 Å². The summed E-state index contributed by atoms with van der Waals surface area (Å²) in [5, 5.41) is 3.65. The molecule has 0 saturated carbocycles. The molecule has 0 aromatic rings. The van der Waals surface area contributed by atoms with Crippen LogP contribution in [0, 0.1) is 5.41 Å². The van der Waals surface area contributed by atoms with Crippen LogP contribution < -0.4 is 5.32 Å². The summed E-state index contributed by atoms with van der Waals surface area (Å²) in [6, 6.07) is 0.698. The van der Waals surface area contributed by atoms with E-state index in [4.69, 9.17) is 0 Å². The van der Waals surface area contributed by atoms with Gasteiger partial charge in [0.05, 0.1) is 0 Å². The lowest BCUT2D eigenvalue weighted by atomic mass is 9.79. The smallest absolute Gasteiger partial charge is 0.0118 e. The van der Waals surface area contributed by atoms with Crippen LogP contribution in [0.3, 0.4) is 0 Å². The van der Waals surface area contributed by atoms with Crippen molar-refractivity contribution in [2.45, 2.75) is 79.2 Å². The maximum atomic E-state index is 3.65. The van der Waals surface area contributed by atoms with Crippen LogP contribution in [0.15, 0.2) is 0 Å². The van der Waals surface area contributed by atoms with Crippen LogP contribution in [0.25, 0.3) is 0 Å². The van der Waals surface area contributed by atoms with Crippen molar-refractivity contribution < 1.29 is 0 Å². The summed E-state index contributed by atoms with van der Waals surface area (Å²) in [6.45, 7) is 12.7. The molecular weight excluding hydrogens is 182 g/mol. The van der Waals surface area contributed by atoms with E-state index in [9.17, 15) is 0 Å². The Morgan fingerprint density at radius 3 is 2.13 bits per heavy atom. The topological polar surface area (TPSA) is 12.0 Å². The third-order valence-electron chi connectivity index (χ3n) is 3.65. The van der Waals surface area contributed by atoms with Crippen LogP contribution in [-0.4, -0.2) is 12.6 Å². The SMILES string of the molecule is CCCCCCC(NCC)C(C)(C)CC. The normalized spacial score (nSPS) is 14.2. The highest BCUT2D eigenvalue weighted by atomic mass is 14.9. The van der Waals surface area contributed by atoms with Crippen LogP contribution >= 0.6 is 0 Å². The van der Waals surface area contributed by atoms with Gasteiger partial charge in [-0.3, -0.25) is 0 Å². The Balaban J connectivity index is 3.93. The zero-order chi connectivity index (χ0) is 11.7. The second-order valence-corrected chi connectivity index (χ2v) is 5.30. The molecule has 0 aromatic carbocycles. The molecule has 0 aromatic heterocycles. The first-order valence-corrected chi connectivity index (χ1v) is 6.81. The minimum Gasteiger partial charge on any atom is -0.314 e. The van der Waals surface area contributed by atoms with Crippen molar-refractivity contribution in [2.75, 3.05) is 6.54 Å². The lowest BCUT2D eigenvalue weighted by Gasteiger charge is -2.34. The second kappa shape index (κ2) is 8.15. The Morgan fingerprint density at radius 2 is 1.67 bits per heavy atom. The van der Waals surface area contributed by atoms with Crippen molar-refractivity contribution in [3.05, 3.63) is 0 Å². The van der Waals surface area contributed by atoms with Crippen LogP contribution in [0.4, 0.5) is 0 Å². The average Bonchev–Trinajstić information content (AvgIpc) is 2.22. The predicted molar refractivity (Wildman–Crippen MR) is 70.3 cm³/mol. The molecule has 0 aliphatic rings. The zero-order valence-electron chi connectivity index (χ0n) is 11.5. The largest absolute Gasteiger partial charge is 0.314 e. The fourth-order valence-corrected chi connectivity index (χ4v) is 2.04. The molecule has 0 aliphatic carbocycles. The average molecular weight is 213 g/mol. The van der Waals surface area contributed by atoms with E-state index >= 15 is 0 Å². The molecule has 0 heterocycles. The van der Waals surface area contributed by atoms with Gasteiger partial charge in [-0.15, -0.1) is 0 Å². The number of rotatable bonds is 9. The van der Waals surface area contributed by atoms with Crippen LogP contribution in [0.2, 0.25) is 0 Å². The Bertz CT molecular complexity index is 140. The summed E-state index contributed by atoms with van der Waals surface area (Å²) >= 11 is 0. The fourth-order valence-electron chi connectivity index (χ4n) is 2.04. The van der Waals surface area contributed by atoms with Gasteiger partial charge >= 0.3 is 0 Å². The molecule has 92 valence electrons. The quantitative estimate of drug-likeness (QED) is 0.561. The summed E-state index contributed by atoms with van der Waals surface area (Å²) in [5.74, 6) is 0. The van der Waals surface area contributed by atoms with Gasteiger partial charge in [-0.05, 0) is 24.8 Å². The van der Waals surface area contributed by atoms with Crippen molar-refractivity contribution in [1.82, 2.24) is 5.32 Å². The summed E-state index contributed by atoms with van der Waals surface area (Å²) in [4.78, 5) is 0. The van der Waals surface area contributed by atoms with Gasteiger partial charge in [0.1, 0.15) is 0 Å². The van der Waals surface area contributed by atoms with Crippen LogP contribution in [0.1, 0.15) is 73.1 Å². The monoisotopic (exact) mass is 213 g/mol. The van der Waals surface area contributed by atoms with E-state index in [-0.39, 0.29) is 0 Å². The van der Waals surface area contributed by atoms with Crippen molar-refractivity contribution in [3.63, 3.8) is 0 Å². The van der Waals surface area contributed by atoms with E-state index in [0.717, 1.165) is 6.54 Å². The summed E-state index contributed by atoms with van der Waals surface area (Å²) in [7, 11) is 0. The minimum atomic E-state index is 0.447. The molecule has 1 atom stereocenters. The maximum Gasteiger partial charge on any atom is 0.0118 e. The summed E-state index contributed by atoms with van der Waals surface area (Å²) in [5.41, 5.74) is 0.447. The van der Waals surface area contributed by atoms with Gasteiger partial charge in [0, 0.05) is 6.04 Å². The first-order valence-electron chi connectivity index (χ1n) is 6.81. The van der Waals surface area contributed by atoms with E-state index in [1.165, 1.54) is 38.5 Å². The molecule has 0 spiro atoms. The molecule has 1 N–H and O–H groups in total. The highest BCUT2D eigenvalue weighted by molar-refractivity contribution is 4.82. The first-order chi connectivity index (χ1) is 7.08. The van der Waals surface area contributed by atoms with E-state index in [0.29, 0.717) is 11.5 Å². The molecule has 1 nitrogen and oxygen atoms in total. The lowest BCUT2D eigenvalue weighted by Crippen LogP contribution is -2.41. The number of nitrogens with one attached hydrogen (secondary N) is 1. The van der Waals surface area contributed by atoms with Gasteiger partial charge in [0.2, 0.25) is 0 Å². The van der Waals surface area contributed by atoms with Crippen molar-refractivity contribution in [3.8, 4) is 0 Å². The zero-order valence-corrected chi connectivity index (χ0v) is 11.5. The number of hydrogen-bond donors (Lipinski definition) is 1. The molecule has 0 rings (SSSR count). The van der Waals surface area contributed by atoms with E-state index in [1.54, 1.807) is 0 Å². The Hall–Kier alpha value is -0.0400. The number of hydrogen-bond acceptors (Lipinski definition) is 1. The Labute approximate surface area is 97.0 Å². The van der Waals surface area contributed by atoms with Crippen LogP contribution in [0.5, 0.6) is 0 Å². The molecular formula is C14H31N. The molecule has 0 fully saturated rings. The molecule has 15 heavy (non-hydrogen) atoms. The summed E-state index contributed by atoms with van der Waals surface area (Å²) < 4.78 is 0. The minimum absolute atomic E-state index is 0.447. The molecule has 0 aliphatic heterocycles. The second-order valence-electron chi connectivity index (χ2n) is 5.30. The van der Waals surface area contributed by atoms with Gasteiger partial charge in [0.15, 0.2) is 0 Å². The van der Waals surface area contributed by atoms with Gasteiger partial charge in [-0.1, -0.05) is 60.3 Å². The Kier molecular flexibility index (Phi) is 8.13. The maximum absolute atomic E-state index is 3.65. The van der Waals surface area contributed by atoms with Gasteiger partial charge in [0.25, 0.3) is 0 Å². The highest BCUT2D eigenvalue weighted by Gasteiger charge is 2.25. The van der Waals surface area contributed by atoms with Gasteiger partial charge in [-0.2, -0.15) is 0 Å². The van der Waals surface area contributed by atoms with E-state index < -0.39 is 0 Å². The third kappa shape index (κ3) is 6.19. The third-order valence-corrected chi connectivity index (χ3v) is 3.65. The fraction of sp³-hybridized carbons (Fsp3) is 1.00. The number of unbranched alkanes of at least 4 members (excludes halogenated alkanes) is 3. The first kappa shape index (κ1) is 15.0. The van der Waals surface area contributed by atoms with Crippen LogP contribution in [-0.2, 0) is 0 Å². The molecule has 1 heteroatoms. The lowest BCUT2D eigenvalue weighted by molar-refractivity contribution is 0.218. The van der Waals surface area contributed by atoms with Gasteiger partial charge in [-0.25, -0.2) is 0 Å². The standard InChI is InChI=1S/C14H31N/c1-6-9-10-11-12-13(15-8-3)14(4,5)7-2/h13,15H,6-12H2,1-5H3. The van der Waals surface area contributed by atoms with Crippen molar-refractivity contribution in [2.24, 2.45) is 5.41 Å². The highest BCUT2D eigenvalue weighted by Crippen LogP contribution is 2.28. The Morgan fingerprint density at radius 1 is 1.00 bits per heavy atom. The van der Waals surface area contributed by atoms with E-state index in [1.807, 2.05) is 0 Å². The van der Waals surface area contributed by atoms with Crippen molar-refractivity contribution in [1.29, 1.82) is 0 Å². The summed E-state index contributed by atoms with van der Waals surface area (Å²) in [6.07, 6.45) is 8.12. The van der Waals surface area contributed by atoms with Crippen molar-refractivity contribution >= 4 is 0 Å². The molecule has 0 bridgehead atoms. The molecule has 1 unspecified atom stereocenters. The predicted octanol–water partition coefficient (Wildman–Crippen LogP) is 4.37. The van der Waals surface area contributed by atoms with E-state index in [2.05, 4.69) is 39.9 Å².